The topological polar surface area (TPSA) is 104 Å². The highest BCUT2D eigenvalue weighted by Gasteiger charge is 2.15. The number of nitrogens with one attached hydrogen (secondary N) is 1. The lowest BCUT2D eigenvalue weighted by atomic mass is 10.1. The summed E-state index contributed by atoms with van der Waals surface area (Å²) in [5, 5.41) is 18.5. The summed E-state index contributed by atoms with van der Waals surface area (Å²) in [6, 6.07) is 11.8. The van der Waals surface area contributed by atoms with E-state index in [-0.39, 0.29) is 22.8 Å². The van der Waals surface area contributed by atoms with Crippen LogP contribution in [0.25, 0.3) is 0 Å². The van der Waals surface area contributed by atoms with Gasteiger partial charge in [-0.2, -0.15) is 0 Å². The van der Waals surface area contributed by atoms with E-state index < -0.39 is 16.0 Å². The molecule has 0 saturated heterocycles. The maximum atomic E-state index is 12.1. The highest BCUT2D eigenvalue weighted by atomic mass is 32.2. The molecule has 116 valence electrons. The second-order valence-corrected chi connectivity index (χ2v) is 6.38. The Hall–Kier alpha value is -2.38. The molecule has 7 heteroatoms. The molecule has 0 atom stereocenters. The zero-order valence-corrected chi connectivity index (χ0v) is 12.4. The predicted molar refractivity (Wildman–Crippen MR) is 80.4 cm³/mol. The van der Waals surface area contributed by atoms with Crippen LogP contribution in [0.2, 0.25) is 0 Å². The van der Waals surface area contributed by atoms with E-state index in [2.05, 4.69) is 4.72 Å². The first-order valence-corrected chi connectivity index (χ1v) is 7.98. The average Bonchev–Trinajstić information content (AvgIpc) is 2.49. The molecule has 22 heavy (non-hydrogen) atoms. The average molecular weight is 321 g/mol. The molecule has 6 nitrogen and oxygen atoms in total. The molecule has 0 saturated carbocycles. The zero-order chi connectivity index (χ0) is 16.2. The molecule has 0 amide bonds. The summed E-state index contributed by atoms with van der Waals surface area (Å²) in [7, 11) is -3.79. The zero-order valence-electron chi connectivity index (χ0n) is 11.6. The molecule has 2 rings (SSSR count). The molecule has 0 bridgehead atoms. The Morgan fingerprint density at radius 3 is 2.50 bits per heavy atom. The summed E-state index contributed by atoms with van der Waals surface area (Å²) in [5.74, 6) is -1.08. The van der Waals surface area contributed by atoms with E-state index in [0.29, 0.717) is 12.0 Å². The molecule has 0 aliphatic rings. The first-order chi connectivity index (χ1) is 10.4. The van der Waals surface area contributed by atoms with Crippen molar-refractivity contribution in [1.29, 1.82) is 0 Å². The van der Waals surface area contributed by atoms with Crippen molar-refractivity contribution in [1.82, 2.24) is 4.72 Å². The van der Waals surface area contributed by atoms with Crippen molar-refractivity contribution in [2.24, 2.45) is 0 Å². The van der Waals surface area contributed by atoms with Gasteiger partial charge >= 0.3 is 5.97 Å². The molecule has 0 unspecified atom stereocenters. The first kappa shape index (κ1) is 16.0. The van der Waals surface area contributed by atoms with Gasteiger partial charge in [-0.3, -0.25) is 0 Å². The second kappa shape index (κ2) is 6.59. The number of aromatic carboxylic acids is 1. The van der Waals surface area contributed by atoms with Gasteiger partial charge in [0.15, 0.2) is 0 Å². The Labute approximate surface area is 128 Å². The van der Waals surface area contributed by atoms with E-state index in [1.54, 1.807) is 18.2 Å². The molecule has 0 spiro atoms. The number of phenols is 1. The Kier molecular flexibility index (Phi) is 4.79. The Bertz CT molecular complexity index is 786. The number of carbonyl (C=O) groups is 1. The number of carboxylic acid groups (broad SMARTS) is 1. The maximum absolute atomic E-state index is 12.1. The minimum atomic E-state index is -3.79. The SMILES string of the molecule is O=C(O)c1cccc(S(=O)(=O)NCCc2ccccc2O)c1. The van der Waals surface area contributed by atoms with Crippen LogP contribution >= 0.6 is 0 Å². The largest absolute Gasteiger partial charge is 0.508 e. The monoisotopic (exact) mass is 321 g/mol. The van der Waals surface area contributed by atoms with Crippen molar-refractivity contribution in [3.05, 3.63) is 59.7 Å². The first-order valence-electron chi connectivity index (χ1n) is 6.50. The molecule has 0 aliphatic heterocycles. The van der Waals surface area contributed by atoms with Gasteiger partial charge in [0.25, 0.3) is 0 Å². The van der Waals surface area contributed by atoms with E-state index in [0.717, 1.165) is 6.07 Å². The highest BCUT2D eigenvalue weighted by molar-refractivity contribution is 7.89. The lowest BCUT2D eigenvalue weighted by molar-refractivity contribution is 0.0696. The van der Waals surface area contributed by atoms with Gasteiger partial charge in [0.1, 0.15) is 5.75 Å². The van der Waals surface area contributed by atoms with Crippen LogP contribution < -0.4 is 4.72 Å². The molecular weight excluding hydrogens is 306 g/mol. The summed E-state index contributed by atoms with van der Waals surface area (Å²) in [6.07, 6.45) is 0.324. The summed E-state index contributed by atoms with van der Waals surface area (Å²) in [6.45, 7) is 0.0945. The summed E-state index contributed by atoms with van der Waals surface area (Å²) >= 11 is 0. The molecule has 0 aliphatic carbocycles. The minimum absolute atomic E-state index is 0.0939. The van der Waals surface area contributed by atoms with Crippen molar-refractivity contribution >= 4 is 16.0 Å². The third-order valence-electron chi connectivity index (χ3n) is 3.07. The van der Waals surface area contributed by atoms with Gasteiger partial charge in [0, 0.05) is 6.54 Å². The fraction of sp³-hybridized carbons (Fsp3) is 0.133. The van der Waals surface area contributed by atoms with Gasteiger partial charge in [-0.15, -0.1) is 0 Å². The lowest BCUT2D eigenvalue weighted by Gasteiger charge is -2.08. The van der Waals surface area contributed by atoms with Gasteiger partial charge < -0.3 is 10.2 Å². The van der Waals surface area contributed by atoms with Crippen LogP contribution in [-0.2, 0) is 16.4 Å². The fourth-order valence-electron chi connectivity index (χ4n) is 1.92. The molecule has 3 N–H and O–H groups in total. The van der Waals surface area contributed by atoms with E-state index >= 15 is 0 Å². The van der Waals surface area contributed by atoms with Crippen molar-refractivity contribution in [3.63, 3.8) is 0 Å². The van der Waals surface area contributed by atoms with E-state index in [4.69, 9.17) is 5.11 Å². The lowest BCUT2D eigenvalue weighted by Crippen LogP contribution is -2.26. The van der Waals surface area contributed by atoms with Crippen LogP contribution in [-0.4, -0.2) is 31.1 Å². The normalized spacial score (nSPS) is 11.3. The molecular formula is C15H15NO5S. The Morgan fingerprint density at radius 1 is 1.09 bits per heavy atom. The summed E-state index contributed by atoms with van der Waals surface area (Å²) < 4.78 is 26.6. The number of benzene rings is 2. The molecule has 0 fully saturated rings. The summed E-state index contributed by atoms with van der Waals surface area (Å²) in [5.41, 5.74) is 0.535. The standard InChI is InChI=1S/C15H15NO5S/c17-14-7-2-1-4-11(14)8-9-16-22(20,21)13-6-3-5-12(10-13)15(18)19/h1-7,10,16-17H,8-9H2,(H,18,19). The van der Waals surface area contributed by atoms with E-state index in [9.17, 15) is 18.3 Å². The van der Waals surface area contributed by atoms with Gasteiger partial charge in [0.05, 0.1) is 10.5 Å². The van der Waals surface area contributed by atoms with Crippen LogP contribution in [0.15, 0.2) is 53.4 Å². The number of aromatic hydroxyl groups is 1. The number of carboxylic acids is 1. The van der Waals surface area contributed by atoms with Crippen LogP contribution in [0.5, 0.6) is 5.75 Å². The van der Waals surface area contributed by atoms with Crippen molar-refractivity contribution in [2.45, 2.75) is 11.3 Å². The molecule has 0 heterocycles. The van der Waals surface area contributed by atoms with Crippen LogP contribution in [0.4, 0.5) is 0 Å². The molecule has 0 aromatic heterocycles. The Morgan fingerprint density at radius 2 is 1.82 bits per heavy atom. The number of phenolic OH excluding ortho intramolecular Hbond substituents is 1. The fourth-order valence-corrected chi connectivity index (χ4v) is 3.00. The van der Waals surface area contributed by atoms with E-state index in [1.807, 2.05) is 0 Å². The minimum Gasteiger partial charge on any atom is -0.508 e. The van der Waals surface area contributed by atoms with Crippen molar-refractivity contribution in [3.8, 4) is 5.75 Å². The van der Waals surface area contributed by atoms with Gasteiger partial charge in [0.2, 0.25) is 10.0 Å². The van der Waals surface area contributed by atoms with Crippen LogP contribution in [0.1, 0.15) is 15.9 Å². The quantitative estimate of drug-likeness (QED) is 0.750. The smallest absolute Gasteiger partial charge is 0.335 e. The summed E-state index contributed by atoms with van der Waals surface area (Å²) in [4.78, 5) is 10.8. The highest BCUT2D eigenvalue weighted by Crippen LogP contribution is 2.16. The van der Waals surface area contributed by atoms with Crippen molar-refractivity contribution < 1.29 is 23.4 Å². The molecule has 2 aromatic carbocycles. The predicted octanol–water partition coefficient (Wildman–Crippen LogP) is 1.61. The van der Waals surface area contributed by atoms with Gasteiger partial charge in [-0.1, -0.05) is 24.3 Å². The number of rotatable bonds is 6. The second-order valence-electron chi connectivity index (χ2n) is 4.61. The Balaban J connectivity index is 2.07. The number of hydrogen-bond acceptors (Lipinski definition) is 4. The van der Waals surface area contributed by atoms with Crippen molar-refractivity contribution in [2.75, 3.05) is 6.54 Å². The third-order valence-corrected chi connectivity index (χ3v) is 4.53. The third kappa shape index (κ3) is 3.84. The molecule has 2 aromatic rings. The maximum Gasteiger partial charge on any atom is 0.335 e. The molecule has 0 radical (unpaired) electrons. The van der Waals surface area contributed by atoms with E-state index in [1.165, 1.54) is 24.3 Å². The van der Waals surface area contributed by atoms with Gasteiger partial charge in [-0.25, -0.2) is 17.9 Å². The number of para-hydroxylation sites is 1. The number of hydrogen-bond donors (Lipinski definition) is 3. The van der Waals surface area contributed by atoms with Crippen LogP contribution in [0.3, 0.4) is 0 Å². The van der Waals surface area contributed by atoms with Gasteiger partial charge in [-0.05, 0) is 36.2 Å². The number of sulfonamides is 1. The van der Waals surface area contributed by atoms with Crippen LogP contribution in [0, 0.1) is 0 Å².